The van der Waals surface area contributed by atoms with Gasteiger partial charge >= 0.3 is 0 Å². The summed E-state index contributed by atoms with van der Waals surface area (Å²) in [5.41, 5.74) is 3.15. The fourth-order valence-electron chi connectivity index (χ4n) is 5.64. The highest BCUT2D eigenvalue weighted by molar-refractivity contribution is 8.15. The van der Waals surface area contributed by atoms with Crippen molar-refractivity contribution >= 4 is 35.2 Å². The predicted molar refractivity (Wildman–Crippen MR) is 144 cm³/mol. The molecule has 0 N–H and O–H groups in total. The van der Waals surface area contributed by atoms with Crippen LogP contribution >= 0.6 is 6.42 Å². The predicted octanol–water partition coefficient (Wildman–Crippen LogP) is 6.37. The Kier molecular flexibility index (Phi) is 6.04. The molecule has 7 heteroatoms. The van der Waals surface area contributed by atoms with Crippen molar-refractivity contribution in [3.05, 3.63) is 71.9 Å². The normalized spacial score (nSPS) is 26.1. The number of aromatic nitrogens is 2. The number of hydrogen-bond acceptors (Lipinski definition) is 4. The zero-order chi connectivity index (χ0) is 24.1. The van der Waals surface area contributed by atoms with Crippen LogP contribution in [0.4, 0.5) is 5.82 Å². The van der Waals surface area contributed by atoms with Gasteiger partial charge in [-0.25, -0.2) is 9.67 Å². The number of fused-ring (bicyclic) bond motifs is 1. The lowest BCUT2D eigenvalue weighted by Gasteiger charge is -2.44. The third-order valence-electron chi connectivity index (χ3n) is 6.87. The first-order chi connectivity index (χ1) is 16.2. The maximum Gasteiger partial charge on any atom is 0.192 e. The van der Waals surface area contributed by atoms with Crippen molar-refractivity contribution in [1.82, 2.24) is 14.5 Å². The molecule has 178 valence electrons. The van der Waals surface area contributed by atoms with Crippen molar-refractivity contribution in [2.75, 3.05) is 7.05 Å². The number of benzene rings is 2. The fraction of sp³-hybridized carbons (Fsp3) is 0.407. The lowest BCUT2D eigenvalue weighted by atomic mass is 9.72. The molecule has 1 aliphatic carbocycles. The van der Waals surface area contributed by atoms with Gasteiger partial charge < -0.3 is 9.19 Å². The second-order valence-corrected chi connectivity index (χ2v) is 14.3. The van der Waals surface area contributed by atoms with E-state index in [-0.39, 0.29) is 11.5 Å². The molecular formula is C27H33N4OPS. The summed E-state index contributed by atoms with van der Waals surface area (Å²) in [4.78, 5) is 5.15. The topological polar surface area (TPSA) is 42.6 Å². The van der Waals surface area contributed by atoms with Crippen molar-refractivity contribution in [2.24, 2.45) is 16.3 Å². The largest absolute Gasteiger partial charge is 0.327 e. The summed E-state index contributed by atoms with van der Waals surface area (Å²) in [7, 11) is 2.05. The zero-order valence-electron chi connectivity index (χ0n) is 20.6. The number of rotatable bonds is 4. The second kappa shape index (κ2) is 8.75. The number of amidine groups is 1. The van der Waals surface area contributed by atoms with Gasteiger partial charge in [-0.3, -0.25) is 0 Å². The molecule has 1 saturated carbocycles. The summed E-state index contributed by atoms with van der Waals surface area (Å²) < 4.78 is 11.1. The summed E-state index contributed by atoms with van der Waals surface area (Å²) in [5, 5.41) is 5.90. The first-order valence-corrected chi connectivity index (χ1v) is 14.7. The standard InChI is InChI=1S/C27H33N4OPS/c1-19-16-23(18-27(3,4)17-19)32-33(34)24-20(2)29-31(22-14-10-7-11-15-22)26(24)28-25(30(33)5)21-12-8-6-9-13-21/h6-15,19,23H,16-18H2,1-5H3. The van der Waals surface area contributed by atoms with Crippen molar-refractivity contribution in [1.29, 1.82) is 0 Å². The Bertz CT molecular complexity index is 1270. The maximum atomic E-state index is 7.06. The summed E-state index contributed by atoms with van der Waals surface area (Å²) in [6.45, 7) is 9.06. The van der Waals surface area contributed by atoms with E-state index < -0.39 is 6.42 Å². The van der Waals surface area contributed by atoms with E-state index >= 15 is 0 Å². The van der Waals surface area contributed by atoms with Gasteiger partial charge in [-0.05, 0) is 61.5 Å². The van der Waals surface area contributed by atoms with Crippen LogP contribution in [0.1, 0.15) is 51.3 Å². The molecule has 3 unspecified atom stereocenters. The molecule has 1 aromatic heterocycles. The minimum atomic E-state index is -2.65. The Morgan fingerprint density at radius 3 is 2.32 bits per heavy atom. The Balaban J connectivity index is 1.67. The van der Waals surface area contributed by atoms with Crippen LogP contribution in [0, 0.1) is 18.3 Å². The van der Waals surface area contributed by atoms with Gasteiger partial charge in [0.05, 0.1) is 22.8 Å². The summed E-state index contributed by atoms with van der Waals surface area (Å²) in [6, 6.07) is 20.4. The number of aliphatic imine (C=N–C) groups is 1. The average Bonchev–Trinajstić information content (AvgIpc) is 3.13. The first kappa shape index (κ1) is 23.5. The summed E-state index contributed by atoms with van der Waals surface area (Å²) >= 11 is 6.53. The lowest BCUT2D eigenvalue weighted by Crippen LogP contribution is -2.38. The van der Waals surface area contributed by atoms with E-state index in [1.165, 1.54) is 6.42 Å². The van der Waals surface area contributed by atoms with Gasteiger partial charge in [0.2, 0.25) is 0 Å². The molecule has 3 atom stereocenters. The molecule has 1 aliphatic heterocycles. The minimum absolute atomic E-state index is 0.120. The minimum Gasteiger partial charge on any atom is -0.327 e. The molecule has 0 amide bonds. The Labute approximate surface area is 208 Å². The molecule has 2 aliphatic rings. The zero-order valence-corrected chi connectivity index (χ0v) is 22.3. The first-order valence-electron chi connectivity index (χ1n) is 12.0. The molecule has 34 heavy (non-hydrogen) atoms. The van der Waals surface area contributed by atoms with Crippen LogP contribution in [0.25, 0.3) is 5.69 Å². The van der Waals surface area contributed by atoms with Crippen LogP contribution in [0.3, 0.4) is 0 Å². The highest BCUT2D eigenvalue weighted by atomic mass is 32.4. The Morgan fingerprint density at radius 2 is 1.68 bits per heavy atom. The van der Waals surface area contributed by atoms with Gasteiger partial charge in [0.15, 0.2) is 12.2 Å². The van der Waals surface area contributed by atoms with Crippen LogP contribution in [-0.4, -0.2) is 33.4 Å². The molecular weight excluding hydrogens is 459 g/mol. The quantitative estimate of drug-likeness (QED) is 0.397. The van der Waals surface area contributed by atoms with E-state index in [1.807, 2.05) is 55.1 Å². The third kappa shape index (κ3) is 4.17. The SMILES string of the molecule is Cc1nn(-c2ccccc2)c2c1P(=S)(OC1CC(C)CC(C)(C)C1)N(C)C(c1ccccc1)=N2. The van der Waals surface area contributed by atoms with Crippen LogP contribution in [-0.2, 0) is 16.3 Å². The van der Waals surface area contributed by atoms with E-state index in [0.29, 0.717) is 5.92 Å². The van der Waals surface area contributed by atoms with E-state index in [4.69, 9.17) is 26.4 Å². The Morgan fingerprint density at radius 1 is 1.03 bits per heavy atom. The molecule has 0 radical (unpaired) electrons. The van der Waals surface area contributed by atoms with Gasteiger partial charge in [0, 0.05) is 12.6 Å². The van der Waals surface area contributed by atoms with E-state index in [9.17, 15) is 0 Å². The molecule has 5 nitrogen and oxygen atoms in total. The highest BCUT2D eigenvalue weighted by Crippen LogP contribution is 2.58. The van der Waals surface area contributed by atoms with Gasteiger partial charge in [-0.15, -0.1) is 0 Å². The Hall–Kier alpha value is -2.27. The maximum absolute atomic E-state index is 7.06. The van der Waals surface area contributed by atoms with E-state index in [0.717, 1.165) is 46.7 Å². The lowest BCUT2D eigenvalue weighted by molar-refractivity contribution is 0.0622. The molecule has 2 aromatic carbocycles. The van der Waals surface area contributed by atoms with Crippen LogP contribution < -0.4 is 5.30 Å². The van der Waals surface area contributed by atoms with Gasteiger partial charge in [0.1, 0.15) is 5.84 Å². The van der Waals surface area contributed by atoms with Crippen molar-refractivity contribution in [3.63, 3.8) is 0 Å². The molecule has 1 fully saturated rings. The highest BCUT2D eigenvalue weighted by Gasteiger charge is 2.44. The summed E-state index contributed by atoms with van der Waals surface area (Å²) in [5.74, 6) is 2.25. The van der Waals surface area contributed by atoms with Gasteiger partial charge in [-0.1, -0.05) is 69.3 Å². The fourth-order valence-corrected chi connectivity index (χ4v) is 9.25. The number of para-hydroxylation sites is 1. The van der Waals surface area contributed by atoms with Crippen molar-refractivity contribution in [3.8, 4) is 5.69 Å². The van der Waals surface area contributed by atoms with Gasteiger partial charge in [-0.2, -0.15) is 5.10 Å². The smallest absolute Gasteiger partial charge is 0.192 e. The number of nitrogens with zero attached hydrogens (tertiary/aromatic N) is 4. The van der Waals surface area contributed by atoms with Crippen LogP contribution in [0.5, 0.6) is 0 Å². The second-order valence-electron chi connectivity index (χ2n) is 10.5. The molecule has 2 heterocycles. The van der Waals surface area contributed by atoms with Crippen molar-refractivity contribution in [2.45, 2.75) is 53.1 Å². The van der Waals surface area contributed by atoms with Crippen molar-refractivity contribution < 1.29 is 4.52 Å². The molecule has 0 saturated heterocycles. The number of aryl methyl sites for hydroxylation is 1. The monoisotopic (exact) mass is 492 g/mol. The van der Waals surface area contributed by atoms with Crippen LogP contribution in [0.2, 0.25) is 0 Å². The average molecular weight is 493 g/mol. The molecule has 0 bridgehead atoms. The molecule has 5 rings (SSSR count). The molecule has 0 spiro atoms. The van der Waals surface area contributed by atoms with Crippen LogP contribution in [0.15, 0.2) is 65.7 Å². The molecule has 3 aromatic rings. The van der Waals surface area contributed by atoms with E-state index in [2.05, 4.69) is 49.7 Å². The third-order valence-corrected chi connectivity index (χ3v) is 11.1. The summed E-state index contributed by atoms with van der Waals surface area (Å²) in [6.07, 6.45) is 0.741. The van der Waals surface area contributed by atoms with Gasteiger partial charge in [0.25, 0.3) is 0 Å². The van der Waals surface area contributed by atoms with E-state index in [1.54, 1.807) is 0 Å². The number of hydrogen-bond donors (Lipinski definition) is 0.